The summed E-state index contributed by atoms with van der Waals surface area (Å²) in [7, 11) is -5.26. The summed E-state index contributed by atoms with van der Waals surface area (Å²) >= 11 is 0. The van der Waals surface area contributed by atoms with Gasteiger partial charge >= 0.3 is 15.5 Å². The van der Waals surface area contributed by atoms with Gasteiger partial charge in [0.25, 0.3) is 0 Å². The number of aliphatic imine (C=N–C) groups is 1. The molecule has 0 spiro atoms. The van der Waals surface area contributed by atoms with Crippen LogP contribution >= 0.6 is 0 Å². The van der Waals surface area contributed by atoms with Gasteiger partial charge in [0.05, 0.1) is 6.26 Å². The summed E-state index contributed by atoms with van der Waals surface area (Å²) in [6, 6.07) is 3.53. The first-order chi connectivity index (χ1) is 13.1. The van der Waals surface area contributed by atoms with E-state index in [0.29, 0.717) is 35.7 Å². The standard InChI is InChI=1S/C17H27F3N4O3S/c1-13(2)12-22-16(21-8-5-15-4-3-11-27-15)23-14-6-9-24(10-7-14)28(25,26)17(18,19)20/h3-4,11,13-14H,5-10,12H2,1-2H3,(H2,21,22,23). The number of hydrogen-bond acceptors (Lipinski definition) is 4. The molecule has 0 atom stereocenters. The van der Waals surface area contributed by atoms with Gasteiger partial charge in [-0.3, -0.25) is 4.99 Å². The molecule has 28 heavy (non-hydrogen) atoms. The molecule has 0 saturated carbocycles. The number of piperidine rings is 1. The van der Waals surface area contributed by atoms with E-state index in [2.05, 4.69) is 15.6 Å². The van der Waals surface area contributed by atoms with Gasteiger partial charge in [-0.1, -0.05) is 13.8 Å². The van der Waals surface area contributed by atoms with Gasteiger partial charge in [0, 0.05) is 38.6 Å². The zero-order valence-electron chi connectivity index (χ0n) is 16.0. The molecule has 1 aromatic rings. The summed E-state index contributed by atoms with van der Waals surface area (Å²) in [6.45, 7) is 4.89. The third-order valence-corrected chi connectivity index (χ3v) is 5.92. The molecule has 1 saturated heterocycles. The van der Waals surface area contributed by atoms with Gasteiger partial charge in [-0.2, -0.15) is 17.5 Å². The molecule has 0 bridgehead atoms. The molecule has 1 aliphatic rings. The molecule has 0 radical (unpaired) electrons. The van der Waals surface area contributed by atoms with Crippen LogP contribution in [0.4, 0.5) is 13.2 Å². The zero-order chi connectivity index (χ0) is 20.8. The predicted molar refractivity (Wildman–Crippen MR) is 100 cm³/mol. The van der Waals surface area contributed by atoms with Crippen molar-refractivity contribution in [3.8, 4) is 0 Å². The normalized spacial score (nSPS) is 17.9. The minimum atomic E-state index is -5.26. The van der Waals surface area contributed by atoms with Gasteiger partial charge in [-0.05, 0) is 30.9 Å². The van der Waals surface area contributed by atoms with E-state index in [1.165, 1.54) is 0 Å². The molecule has 7 nitrogen and oxygen atoms in total. The summed E-state index contributed by atoms with van der Waals surface area (Å²) in [6.07, 6.45) is 2.81. The highest BCUT2D eigenvalue weighted by molar-refractivity contribution is 7.90. The molecule has 1 fully saturated rings. The Morgan fingerprint density at radius 2 is 2.04 bits per heavy atom. The van der Waals surface area contributed by atoms with E-state index in [1.807, 2.05) is 26.0 Å². The van der Waals surface area contributed by atoms with Crippen LogP contribution in [-0.2, 0) is 16.4 Å². The fraction of sp³-hybridized carbons (Fsp3) is 0.706. The quantitative estimate of drug-likeness (QED) is 0.518. The highest BCUT2D eigenvalue weighted by Crippen LogP contribution is 2.28. The van der Waals surface area contributed by atoms with Crippen molar-refractivity contribution in [1.29, 1.82) is 0 Å². The average Bonchev–Trinajstić information content (AvgIpc) is 3.12. The Hall–Kier alpha value is -1.75. The molecule has 1 aliphatic heterocycles. The number of hydrogen-bond donors (Lipinski definition) is 2. The lowest BCUT2D eigenvalue weighted by Crippen LogP contribution is -2.52. The molecular weight excluding hydrogens is 397 g/mol. The van der Waals surface area contributed by atoms with Crippen molar-refractivity contribution in [2.24, 2.45) is 10.9 Å². The van der Waals surface area contributed by atoms with Gasteiger partial charge in [0.2, 0.25) is 0 Å². The average molecular weight is 424 g/mol. The first-order valence-corrected chi connectivity index (χ1v) is 10.7. The SMILES string of the molecule is CC(C)CN=C(NCCc1ccco1)NC1CCN(S(=O)(=O)C(F)(F)F)CC1. The van der Waals surface area contributed by atoms with Crippen molar-refractivity contribution in [2.75, 3.05) is 26.2 Å². The van der Waals surface area contributed by atoms with Crippen LogP contribution < -0.4 is 10.6 Å². The molecule has 160 valence electrons. The number of nitrogens with zero attached hydrogens (tertiary/aromatic N) is 2. The van der Waals surface area contributed by atoms with E-state index >= 15 is 0 Å². The third-order valence-electron chi connectivity index (χ3n) is 4.29. The van der Waals surface area contributed by atoms with Gasteiger partial charge < -0.3 is 15.1 Å². The molecule has 2 heterocycles. The Labute approximate surface area is 163 Å². The summed E-state index contributed by atoms with van der Waals surface area (Å²) < 4.78 is 66.8. The molecule has 0 aliphatic carbocycles. The van der Waals surface area contributed by atoms with Crippen LogP contribution in [0.1, 0.15) is 32.4 Å². The maximum absolute atomic E-state index is 12.7. The van der Waals surface area contributed by atoms with Crippen LogP contribution in [0, 0.1) is 5.92 Å². The monoisotopic (exact) mass is 424 g/mol. The van der Waals surface area contributed by atoms with E-state index in [9.17, 15) is 21.6 Å². The van der Waals surface area contributed by atoms with Gasteiger partial charge in [0.1, 0.15) is 5.76 Å². The Morgan fingerprint density at radius 3 is 2.57 bits per heavy atom. The molecule has 11 heteroatoms. The van der Waals surface area contributed by atoms with E-state index in [4.69, 9.17) is 4.42 Å². The van der Waals surface area contributed by atoms with E-state index < -0.39 is 15.5 Å². The second-order valence-corrected chi connectivity index (χ2v) is 9.04. The number of alkyl halides is 3. The summed E-state index contributed by atoms with van der Waals surface area (Å²) in [5, 5.41) is 6.40. The Morgan fingerprint density at radius 1 is 1.36 bits per heavy atom. The maximum Gasteiger partial charge on any atom is 0.511 e. The van der Waals surface area contributed by atoms with Crippen molar-refractivity contribution in [2.45, 2.75) is 44.7 Å². The van der Waals surface area contributed by atoms with Crippen LogP contribution in [0.5, 0.6) is 0 Å². The highest BCUT2D eigenvalue weighted by Gasteiger charge is 2.50. The third kappa shape index (κ3) is 6.40. The van der Waals surface area contributed by atoms with Crippen molar-refractivity contribution in [1.82, 2.24) is 14.9 Å². The lowest BCUT2D eigenvalue weighted by molar-refractivity contribution is -0.0494. The minimum absolute atomic E-state index is 0.151. The predicted octanol–water partition coefficient (Wildman–Crippen LogP) is 2.33. The first kappa shape index (κ1) is 22.5. The fourth-order valence-electron chi connectivity index (χ4n) is 2.77. The largest absolute Gasteiger partial charge is 0.511 e. The Balaban J connectivity index is 1.89. The number of guanidine groups is 1. The molecule has 0 amide bonds. The van der Waals surface area contributed by atoms with Gasteiger partial charge in [-0.25, -0.2) is 8.42 Å². The van der Waals surface area contributed by atoms with Crippen molar-refractivity contribution >= 4 is 16.0 Å². The minimum Gasteiger partial charge on any atom is -0.469 e. The van der Waals surface area contributed by atoms with Crippen LogP contribution in [0.15, 0.2) is 27.8 Å². The van der Waals surface area contributed by atoms with E-state index in [0.717, 1.165) is 5.76 Å². The smallest absolute Gasteiger partial charge is 0.469 e. The topological polar surface area (TPSA) is 86.9 Å². The fourth-order valence-corrected chi connectivity index (χ4v) is 3.75. The second-order valence-electron chi connectivity index (χ2n) is 7.11. The number of halogens is 3. The summed E-state index contributed by atoms with van der Waals surface area (Å²) in [5.74, 6) is 1.75. The number of furan rings is 1. The van der Waals surface area contributed by atoms with Crippen molar-refractivity contribution in [3.05, 3.63) is 24.2 Å². The Kier molecular flexibility index (Phi) is 7.76. The molecule has 2 rings (SSSR count). The number of sulfonamides is 1. The lowest BCUT2D eigenvalue weighted by atomic mass is 10.1. The molecule has 2 N–H and O–H groups in total. The van der Waals surface area contributed by atoms with Crippen LogP contribution in [0.25, 0.3) is 0 Å². The molecule has 1 aromatic heterocycles. The zero-order valence-corrected chi connectivity index (χ0v) is 16.8. The van der Waals surface area contributed by atoms with Crippen LogP contribution in [-0.4, -0.2) is 56.4 Å². The number of rotatable bonds is 7. The second kappa shape index (κ2) is 9.64. The van der Waals surface area contributed by atoms with Crippen molar-refractivity contribution in [3.63, 3.8) is 0 Å². The van der Waals surface area contributed by atoms with Crippen LogP contribution in [0.3, 0.4) is 0 Å². The molecule has 0 aromatic carbocycles. The van der Waals surface area contributed by atoms with Crippen molar-refractivity contribution < 1.29 is 26.0 Å². The highest BCUT2D eigenvalue weighted by atomic mass is 32.2. The number of nitrogens with one attached hydrogen (secondary N) is 2. The summed E-state index contributed by atoms with van der Waals surface area (Å²) in [4.78, 5) is 4.50. The van der Waals surface area contributed by atoms with Crippen LogP contribution in [0.2, 0.25) is 0 Å². The Bertz CT molecular complexity index is 725. The van der Waals surface area contributed by atoms with Gasteiger partial charge in [0.15, 0.2) is 5.96 Å². The lowest BCUT2D eigenvalue weighted by Gasteiger charge is -2.32. The summed E-state index contributed by atoms with van der Waals surface area (Å²) in [5.41, 5.74) is -5.26. The maximum atomic E-state index is 12.7. The molecule has 0 unspecified atom stereocenters. The molecular formula is C17H27F3N4O3S. The first-order valence-electron chi connectivity index (χ1n) is 9.23. The van der Waals surface area contributed by atoms with E-state index in [1.54, 1.807) is 6.26 Å². The van der Waals surface area contributed by atoms with E-state index in [-0.39, 0.29) is 32.0 Å². The van der Waals surface area contributed by atoms with Gasteiger partial charge in [-0.15, -0.1) is 0 Å².